The highest BCUT2D eigenvalue weighted by atomic mass is 127. The Labute approximate surface area is 119 Å². The lowest BCUT2D eigenvalue weighted by atomic mass is 10.1. The van der Waals surface area contributed by atoms with Crippen molar-refractivity contribution >= 4 is 29.9 Å². The van der Waals surface area contributed by atoms with Crippen LogP contribution >= 0.6 is 24.0 Å². The van der Waals surface area contributed by atoms with Crippen LogP contribution in [0.2, 0.25) is 0 Å². The van der Waals surface area contributed by atoms with E-state index in [1.165, 1.54) is 0 Å². The average molecular weight is 349 g/mol. The van der Waals surface area contributed by atoms with Crippen molar-refractivity contribution in [2.45, 2.75) is 19.4 Å². The Hall–Kier alpha value is -0.820. The fraction of sp³-hybridized carbons (Fsp3) is 0.417. The number of rotatable bonds is 5. The standard InChI is InChI=1S/C12H19N3O.HI/c1-2-14-12(13)15-9-8-11(16)10-6-4-3-5-7-10;/h3-7,11,16H,2,8-9H2,1H3,(H3,13,14,15);1H. The van der Waals surface area contributed by atoms with E-state index in [1.54, 1.807) is 0 Å². The summed E-state index contributed by atoms with van der Waals surface area (Å²) in [6.07, 6.45) is 0.107. The molecule has 0 aliphatic heterocycles. The molecule has 0 saturated heterocycles. The second-order valence-electron chi connectivity index (χ2n) is 3.51. The molecule has 1 aromatic rings. The van der Waals surface area contributed by atoms with E-state index in [1.807, 2.05) is 37.3 Å². The molecule has 0 aliphatic carbocycles. The van der Waals surface area contributed by atoms with E-state index in [4.69, 9.17) is 5.73 Å². The Morgan fingerprint density at radius 2 is 2.06 bits per heavy atom. The average Bonchev–Trinajstić information content (AvgIpc) is 2.30. The molecule has 0 aliphatic rings. The number of nitrogens with two attached hydrogens (primary N) is 1. The summed E-state index contributed by atoms with van der Waals surface area (Å²) in [4.78, 5) is 4.10. The summed E-state index contributed by atoms with van der Waals surface area (Å²) in [5, 5.41) is 12.7. The zero-order valence-electron chi connectivity index (χ0n) is 9.97. The first-order chi connectivity index (χ1) is 7.74. The Balaban J connectivity index is 0.00000256. The fourth-order valence-corrected chi connectivity index (χ4v) is 1.39. The van der Waals surface area contributed by atoms with Gasteiger partial charge in [0.1, 0.15) is 0 Å². The minimum Gasteiger partial charge on any atom is -0.388 e. The third kappa shape index (κ3) is 6.48. The summed E-state index contributed by atoms with van der Waals surface area (Å²) < 4.78 is 0. The van der Waals surface area contributed by atoms with E-state index < -0.39 is 6.10 Å². The van der Waals surface area contributed by atoms with Crippen molar-refractivity contribution in [3.8, 4) is 0 Å². The largest absolute Gasteiger partial charge is 0.388 e. The van der Waals surface area contributed by atoms with Gasteiger partial charge in [-0.2, -0.15) is 0 Å². The molecular weight excluding hydrogens is 329 g/mol. The van der Waals surface area contributed by atoms with Gasteiger partial charge >= 0.3 is 0 Å². The molecule has 1 aromatic carbocycles. The first-order valence-electron chi connectivity index (χ1n) is 5.50. The number of halogens is 1. The third-order valence-electron chi connectivity index (χ3n) is 2.23. The van der Waals surface area contributed by atoms with Crippen LogP contribution in [0.5, 0.6) is 0 Å². The second kappa shape index (κ2) is 9.23. The molecule has 0 fully saturated rings. The van der Waals surface area contributed by atoms with Crippen LogP contribution in [0.1, 0.15) is 25.0 Å². The lowest BCUT2D eigenvalue weighted by Gasteiger charge is -2.09. The van der Waals surface area contributed by atoms with Crippen LogP contribution in [0.4, 0.5) is 0 Å². The fourth-order valence-electron chi connectivity index (χ4n) is 1.39. The molecule has 17 heavy (non-hydrogen) atoms. The van der Waals surface area contributed by atoms with Gasteiger partial charge in [-0.3, -0.25) is 4.99 Å². The predicted octanol–water partition coefficient (Wildman–Crippen LogP) is 1.65. The number of guanidine groups is 1. The number of benzene rings is 1. The maximum atomic E-state index is 9.83. The molecule has 4 N–H and O–H groups in total. The maximum absolute atomic E-state index is 9.83. The number of hydrogen-bond acceptors (Lipinski definition) is 2. The number of aliphatic hydroxyl groups excluding tert-OH is 1. The van der Waals surface area contributed by atoms with Crippen LogP contribution in [0.25, 0.3) is 0 Å². The summed E-state index contributed by atoms with van der Waals surface area (Å²) in [7, 11) is 0. The lowest BCUT2D eigenvalue weighted by Crippen LogP contribution is -2.31. The van der Waals surface area contributed by atoms with Crippen LogP contribution in [0.3, 0.4) is 0 Å². The highest BCUT2D eigenvalue weighted by molar-refractivity contribution is 14.0. The maximum Gasteiger partial charge on any atom is 0.188 e. The van der Waals surface area contributed by atoms with Gasteiger partial charge in [0.05, 0.1) is 6.10 Å². The molecular formula is C12H20IN3O. The van der Waals surface area contributed by atoms with E-state index in [0.717, 1.165) is 12.1 Å². The van der Waals surface area contributed by atoms with Gasteiger partial charge < -0.3 is 16.2 Å². The van der Waals surface area contributed by atoms with Crippen LogP contribution < -0.4 is 11.1 Å². The van der Waals surface area contributed by atoms with Crippen molar-refractivity contribution in [1.29, 1.82) is 0 Å². The normalized spacial score (nSPS) is 12.7. The third-order valence-corrected chi connectivity index (χ3v) is 2.23. The van der Waals surface area contributed by atoms with E-state index in [2.05, 4.69) is 10.3 Å². The molecule has 1 rings (SSSR count). The topological polar surface area (TPSA) is 70.6 Å². The number of nitrogens with zero attached hydrogens (tertiary/aromatic N) is 1. The van der Waals surface area contributed by atoms with Gasteiger partial charge in [-0.1, -0.05) is 30.3 Å². The molecule has 0 bridgehead atoms. The summed E-state index contributed by atoms with van der Waals surface area (Å²) in [5.41, 5.74) is 6.48. The van der Waals surface area contributed by atoms with E-state index in [-0.39, 0.29) is 24.0 Å². The smallest absolute Gasteiger partial charge is 0.188 e. The van der Waals surface area contributed by atoms with Crippen LogP contribution in [-0.4, -0.2) is 24.2 Å². The van der Waals surface area contributed by atoms with Gasteiger partial charge in [0.15, 0.2) is 5.96 Å². The summed E-state index contributed by atoms with van der Waals surface area (Å²) in [5.74, 6) is 0.433. The second-order valence-corrected chi connectivity index (χ2v) is 3.51. The molecule has 0 heterocycles. The van der Waals surface area contributed by atoms with Crippen molar-refractivity contribution in [3.05, 3.63) is 35.9 Å². The van der Waals surface area contributed by atoms with Gasteiger partial charge in [-0.25, -0.2) is 0 Å². The molecule has 5 heteroatoms. The number of aliphatic imine (C=N–C) groups is 1. The first kappa shape index (κ1) is 16.2. The van der Waals surface area contributed by atoms with Crippen molar-refractivity contribution in [3.63, 3.8) is 0 Å². The lowest BCUT2D eigenvalue weighted by molar-refractivity contribution is 0.170. The molecule has 1 unspecified atom stereocenters. The number of nitrogens with one attached hydrogen (secondary N) is 1. The summed E-state index contributed by atoms with van der Waals surface area (Å²) >= 11 is 0. The highest BCUT2D eigenvalue weighted by Crippen LogP contribution is 2.15. The van der Waals surface area contributed by atoms with E-state index in [9.17, 15) is 5.11 Å². The predicted molar refractivity (Wildman–Crippen MR) is 81.6 cm³/mol. The van der Waals surface area contributed by atoms with Crippen molar-refractivity contribution in [2.24, 2.45) is 10.7 Å². The van der Waals surface area contributed by atoms with Gasteiger partial charge in [0.2, 0.25) is 0 Å². The molecule has 0 spiro atoms. The minimum atomic E-state index is -0.473. The van der Waals surface area contributed by atoms with Crippen molar-refractivity contribution in [1.82, 2.24) is 5.32 Å². The zero-order chi connectivity index (χ0) is 11.8. The van der Waals surface area contributed by atoms with Crippen molar-refractivity contribution in [2.75, 3.05) is 13.1 Å². The Morgan fingerprint density at radius 1 is 1.41 bits per heavy atom. The highest BCUT2D eigenvalue weighted by Gasteiger charge is 2.05. The molecule has 0 saturated carbocycles. The zero-order valence-corrected chi connectivity index (χ0v) is 12.3. The Bertz CT molecular complexity index is 330. The SMILES string of the molecule is CCNC(N)=NCCC(O)c1ccccc1.I. The molecule has 4 nitrogen and oxygen atoms in total. The molecule has 0 amide bonds. The van der Waals surface area contributed by atoms with E-state index >= 15 is 0 Å². The Morgan fingerprint density at radius 3 is 2.65 bits per heavy atom. The van der Waals surface area contributed by atoms with Crippen LogP contribution in [0, 0.1) is 0 Å². The Kier molecular flexibility index (Phi) is 8.79. The number of hydrogen-bond donors (Lipinski definition) is 3. The summed E-state index contributed by atoms with van der Waals surface area (Å²) in [6, 6.07) is 9.56. The molecule has 1 atom stereocenters. The van der Waals surface area contributed by atoms with Crippen LogP contribution in [0.15, 0.2) is 35.3 Å². The van der Waals surface area contributed by atoms with Crippen LogP contribution in [-0.2, 0) is 0 Å². The minimum absolute atomic E-state index is 0. The summed E-state index contributed by atoms with van der Waals surface area (Å²) in [6.45, 7) is 3.24. The molecule has 96 valence electrons. The quantitative estimate of drug-likeness (QED) is 0.430. The van der Waals surface area contributed by atoms with Gasteiger partial charge in [-0.05, 0) is 18.9 Å². The van der Waals surface area contributed by atoms with Gasteiger partial charge in [-0.15, -0.1) is 24.0 Å². The molecule has 0 aromatic heterocycles. The van der Waals surface area contributed by atoms with Gasteiger partial charge in [0, 0.05) is 13.1 Å². The number of aliphatic hydroxyl groups is 1. The first-order valence-corrected chi connectivity index (χ1v) is 5.50. The monoisotopic (exact) mass is 349 g/mol. The van der Waals surface area contributed by atoms with Crippen molar-refractivity contribution < 1.29 is 5.11 Å². The van der Waals surface area contributed by atoms with E-state index in [0.29, 0.717) is 18.9 Å². The molecule has 0 radical (unpaired) electrons. The van der Waals surface area contributed by atoms with Gasteiger partial charge in [0.25, 0.3) is 0 Å².